The van der Waals surface area contributed by atoms with E-state index < -0.39 is 18.2 Å². The highest BCUT2D eigenvalue weighted by Crippen LogP contribution is 2.20. The first-order chi connectivity index (χ1) is 15.5. The van der Waals surface area contributed by atoms with Crippen LogP contribution in [0.2, 0.25) is 0 Å². The van der Waals surface area contributed by atoms with Gasteiger partial charge in [0.15, 0.2) is 0 Å². The second-order valence-corrected chi connectivity index (χ2v) is 7.63. The number of fused-ring (bicyclic) bond motifs is 2. The molecule has 2 heterocycles. The van der Waals surface area contributed by atoms with E-state index in [4.69, 9.17) is 14.3 Å². The number of nitrogens with zero attached hydrogens (tertiary/aromatic N) is 2. The van der Waals surface area contributed by atoms with Crippen LogP contribution in [-0.2, 0) is 25.6 Å². The standard InChI is InChI=1S/C24H25N3O5/c1-3-16(2)30-20-10-6-18(7-11-20)14-17-4-8-19(9-5-17)25-24-26-21-15-27(24)32-23(29)13-12-22(28)31-21/h4-13,16,21H,3,14-15H2,1-2H3,(H,25,26)/b13-12-/t16-,21?/m0/s1. The van der Waals surface area contributed by atoms with Gasteiger partial charge in [0, 0.05) is 17.8 Å². The van der Waals surface area contributed by atoms with Gasteiger partial charge in [-0.05, 0) is 55.2 Å². The number of hydroxylamine groups is 2. The number of carbonyl (C=O) groups is 2. The van der Waals surface area contributed by atoms with E-state index in [2.05, 4.69) is 36.3 Å². The van der Waals surface area contributed by atoms with Crippen LogP contribution in [-0.4, -0.2) is 41.8 Å². The smallest absolute Gasteiger partial charge is 0.356 e. The number of benzene rings is 2. The Morgan fingerprint density at radius 2 is 1.72 bits per heavy atom. The van der Waals surface area contributed by atoms with Crippen molar-refractivity contribution in [3.05, 3.63) is 71.8 Å². The van der Waals surface area contributed by atoms with Crippen molar-refractivity contribution in [3.63, 3.8) is 0 Å². The van der Waals surface area contributed by atoms with Crippen LogP contribution < -0.4 is 10.1 Å². The van der Waals surface area contributed by atoms with Crippen molar-refractivity contribution in [2.75, 3.05) is 11.9 Å². The zero-order valence-electron chi connectivity index (χ0n) is 18.0. The predicted octanol–water partition coefficient (Wildman–Crippen LogP) is 3.44. The van der Waals surface area contributed by atoms with Gasteiger partial charge in [-0.2, -0.15) is 5.06 Å². The minimum Gasteiger partial charge on any atom is -0.491 e. The Kier molecular flexibility index (Phi) is 6.39. The Bertz CT molecular complexity index is 1030. The fourth-order valence-corrected chi connectivity index (χ4v) is 3.23. The molecule has 1 N–H and O–H groups in total. The first-order valence-electron chi connectivity index (χ1n) is 10.6. The third-order valence-electron chi connectivity index (χ3n) is 5.09. The Hall–Kier alpha value is -3.81. The summed E-state index contributed by atoms with van der Waals surface area (Å²) >= 11 is 0. The van der Waals surface area contributed by atoms with Gasteiger partial charge in [0.25, 0.3) is 0 Å². The molecular formula is C24H25N3O5. The lowest BCUT2D eigenvalue weighted by Gasteiger charge is -2.18. The van der Waals surface area contributed by atoms with Crippen molar-refractivity contribution >= 4 is 23.6 Å². The van der Waals surface area contributed by atoms with Gasteiger partial charge in [0.2, 0.25) is 12.2 Å². The lowest BCUT2D eigenvalue weighted by Crippen LogP contribution is -2.35. The Balaban J connectivity index is 1.38. The van der Waals surface area contributed by atoms with E-state index in [1.165, 1.54) is 10.6 Å². The SMILES string of the molecule is CC[C@H](C)Oc1ccc(Cc2ccc(NC3=NC4CN3OC(=O)/C=C\C(=O)O4)cc2)cc1. The summed E-state index contributed by atoms with van der Waals surface area (Å²) in [4.78, 5) is 32.9. The monoisotopic (exact) mass is 435 g/mol. The summed E-state index contributed by atoms with van der Waals surface area (Å²) in [6, 6.07) is 16.0. The molecule has 0 aliphatic carbocycles. The number of carbonyl (C=O) groups excluding carboxylic acids is 2. The molecule has 2 bridgehead atoms. The van der Waals surface area contributed by atoms with Gasteiger partial charge in [-0.3, -0.25) is 0 Å². The van der Waals surface area contributed by atoms with Crippen LogP contribution in [0.4, 0.5) is 5.69 Å². The van der Waals surface area contributed by atoms with Crippen molar-refractivity contribution < 1.29 is 23.9 Å². The zero-order valence-corrected chi connectivity index (χ0v) is 18.0. The Labute approximate surface area is 186 Å². The normalized spacial score (nSPS) is 19.6. The summed E-state index contributed by atoms with van der Waals surface area (Å²) in [7, 11) is 0. The summed E-state index contributed by atoms with van der Waals surface area (Å²) in [6.45, 7) is 4.29. The Morgan fingerprint density at radius 1 is 1.06 bits per heavy atom. The molecule has 32 heavy (non-hydrogen) atoms. The number of aliphatic imine (C=N–C) groups is 1. The van der Waals surface area contributed by atoms with Crippen molar-refractivity contribution in [2.45, 2.75) is 39.0 Å². The van der Waals surface area contributed by atoms with E-state index in [0.29, 0.717) is 5.96 Å². The molecular weight excluding hydrogens is 410 g/mol. The second-order valence-electron chi connectivity index (χ2n) is 7.63. The van der Waals surface area contributed by atoms with Crippen LogP contribution in [0.3, 0.4) is 0 Å². The minimum atomic E-state index is -0.743. The Morgan fingerprint density at radius 3 is 2.41 bits per heavy atom. The molecule has 0 saturated carbocycles. The summed E-state index contributed by atoms with van der Waals surface area (Å²) in [5.41, 5.74) is 3.10. The molecule has 0 aromatic heterocycles. The largest absolute Gasteiger partial charge is 0.491 e. The second kappa shape index (κ2) is 9.55. The number of rotatable bonds is 6. The topological polar surface area (TPSA) is 89.5 Å². The van der Waals surface area contributed by atoms with Crippen LogP contribution in [0, 0.1) is 0 Å². The molecule has 2 aromatic rings. The van der Waals surface area contributed by atoms with Crippen LogP contribution in [0.1, 0.15) is 31.4 Å². The molecule has 2 aromatic carbocycles. The number of hydrogen-bond donors (Lipinski definition) is 1. The van der Waals surface area contributed by atoms with Crippen LogP contribution >= 0.6 is 0 Å². The highest BCUT2D eigenvalue weighted by Gasteiger charge is 2.31. The average Bonchev–Trinajstić information content (AvgIpc) is 3.17. The average molecular weight is 435 g/mol. The summed E-state index contributed by atoms with van der Waals surface area (Å²) in [5.74, 6) is -0.127. The molecule has 0 radical (unpaired) electrons. The van der Waals surface area contributed by atoms with Crippen molar-refractivity contribution in [1.82, 2.24) is 5.06 Å². The maximum Gasteiger partial charge on any atom is 0.356 e. The van der Waals surface area contributed by atoms with Gasteiger partial charge in [-0.15, -0.1) is 0 Å². The van der Waals surface area contributed by atoms with E-state index in [1.807, 2.05) is 36.4 Å². The van der Waals surface area contributed by atoms with Crippen LogP contribution in [0.25, 0.3) is 0 Å². The number of nitrogens with one attached hydrogen (secondary N) is 1. The third-order valence-corrected chi connectivity index (χ3v) is 5.09. The predicted molar refractivity (Wildman–Crippen MR) is 119 cm³/mol. The van der Waals surface area contributed by atoms with Gasteiger partial charge in [-0.1, -0.05) is 31.2 Å². The number of esters is 1. The van der Waals surface area contributed by atoms with Gasteiger partial charge in [0.05, 0.1) is 6.10 Å². The number of ether oxygens (including phenoxy) is 2. The molecule has 0 spiro atoms. The fourth-order valence-electron chi connectivity index (χ4n) is 3.23. The number of hydrogen-bond acceptors (Lipinski definition) is 8. The van der Waals surface area contributed by atoms with Gasteiger partial charge in [-0.25, -0.2) is 14.6 Å². The van der Waals surface area contributed by atoms with E-state index in [0.717, 1.165) is 42.0 Å². The van der Waals surface area contributed by atoms with Gasteiger partial charge in [0.1, 0.15) is 12.3 Å². The minimum absolute atomic E-state index is 0.135. The van der Waals surface area contributed by atoms with E-state index >= 15 is 0 Å². The summed E-state index contributed by atoms with van der Waals surface area (Å²) < 4.78 is 11.0. The zero-order chi connectivity index (χ0) is 22.5. The fraction of sp³-hybridized carbons (Fsp3) is 0.292. The number of guanidine groups is 1. The molecule has 4 rings (SSSR count). The lowest BCUT2D eigenvalue weighted by atomic mass is 10.0. The molecule has 2 atom stereocenters. The van der Waals surface area contributed by atoms with E-state index in [9.17, 15) is 9.59 Å². The summed E-state index contributed by atoms with van der Waals surface area (Å²) in [5, 5.41) is 4.40. The quantitative estimate of drug-likeness (QED) is 0.695. The third kappa shape index (κ3) is 5.46. The van der Waals surface area contributed by atoms with Crippen molar-refractivity contribution in [2.24, 2.45) is 4.99 Å². The number of anilines is 1. The molecule has 1 unspecified atom stereocenters. The highest BCUT2D eigenvalue weighted by molar-refractivity contribution is 5.97. The maximum absolute atomic E-state index is 11.8. The van der Waals surface area contributed by atoms with Gasteiger partial charge < -0.3 is 19.6 Å². The molecule has 0 saturated heterocycles. The highest BCUT2D eigenvalue weighted by atomic mass is 16.7. The summed E-state index contributed by atoms with van der Waals surface area (Å²) in [6.07, 6.45) is 3.27. The lowest BCUT2D eigenvalue weighted by molar-refractivity contribution is -0.167. The first kappa shape index (κ1) is 21.4. The van der Waals surface area contributed by atoms with Crippen molar-refractivity contribution in [3.8, 4) is 5.75 Å². The first-order valence-corrected chi connectivity index (χ1v) is 10.6. The molecule has 2 aliphatic heterocycles. The molecule has 2 aliphatic rings. The molecule has 0 fully saturated rings. The van der Waals surface area contributed by atoms with Crippen LogP contribution in [0.15, 0.2) is 65.7 Å². The van der Waals surface area contributed by atoms with E-state index in [1.54, 1.807) is 0 Å². The molecule has 166 valence electrons. The van der Waals surface area contributed by atoms with E-state index in [-0.39, 0.29) is 12.6 Å². The van der Waals surface area contributed by atoms with Crippen LogP contribution in [0.5, 0.6) is 5.75 Å². The molecule has 8 heteroatoms. The maximum atomic E-state index is 11.8. The van der Waals surface area contributed by atoms with Crippen molar-refractivity contribution in [1.29, 1.82) is 0 Å². The van der Waals surface area contributed by atoms with Gasteiger partial charge >= 0.3 is 11.9 Å². The molecule has 0 amide bonds. The molecule has 8 nitrogen and oxygen atoms in total.